The maximum atomic E-state index is 11.0. The summed E-state index contributed by atoms with van der Waals surface area (Å²) in [7, 11) is 0. The monoisotopic (exact) mass is 283 g/mol. The molecule has 1 amide bonds. The number of halogens is 1. The summed E-state index contributed by atoms with van der Waals surface area (Å²) in [6.45, 7) is 1.61. The van der Waals surface area contributed by atoms with Gasteiger partial charge in [-0.15, -0.1) is 0 Å². The molecule has 5 heteroatoms. The minimum atomic E-state index is 0.164. The number of hydrogen-bond donors (Lipinski definition) is 2. The van der Waals surface area contributed by atoms with Gasteiger partial charge in [0.2, 0.25) is 5.91 Å². The fourth-order valence-electron chi connectivity index (χ4n) is 1.73. The number of nitrogens with one attached hydrogen (secondary N) is 2. The van der Waals surface area contributed by atoms with Gasteiger partial charge in [0.15, 0.2) is 0 Å². The number of carbonyl (C=O) groups excluding carboxylic acids is 1. The fraction of sp³-hybridized carbons (Fsp3) is 0.455. The molecule has 2 N–H and O–H groups in total. The van der Waals surface area contributed by atoms with Crippen molar-refractivity contribution in [2.24, 2.45) is 0 Å². The van der Waals surface area contributed by atoms with E-state index >= 15 is 0 Å². The second-order valence-electron chi connectivity index (χ2n) is 3.92. The van der Waals surface area contributed by atoms with E-state index in [0.717, 1.165) is 29.7 Å². The lowest BCUT2D eigenvalue weighted by molar-refractivity contribution is -0.119. The number of carbonyl (C=O) groups is 1. The molecule has 0 spiro atoms. The zero-order valence-electron chi connectivity index (χ0n) is 8.87. The average molecular weight is 284 g/mol. The fourth-order valence-corrected chi connectivity index (χ4v) is 1.97. The Kier molecular flexibility index (Phi) is 3.90. The van der Waals surface area contributed by atoms with Crippen molar-refractivity contribution in [2.45, 2.75) is 25.4 Å². The maximum Gasteiger partial charge on any atom is 0.220 e. The molecule has 2 heterocycles. The van der Waals surface area contributed by atoms with Crippen molar-refractivity contribution in [1.29, 1.82) is 0 Å². The molecular formula is C11H14BrN3O. The van der Waals surface area contributed by atoms with Crippen LogP contribution in [0.25, 0.3) is 0 Å². The summed E-state index contributed by atoms with van der Waals surface area (Å²) in [6.07, 6.45) is 3.43. The summed E-state index contributed by atoms with van der Waals surface area (Å²) >= 11 is 3.30. The van der Waals surface area contributed by atoms with Crippen LogP contribution in [0.15, 0.2) is 22.9 Å². The van der Waals surface area contributed by atoms with Crippen LogP contribution in [0, 0.1) is 0 Å². The summed E-state index contributed by atoms with van der Waals surface area (Å²) in [5.74, 6) is 0.164. The van der Waals surface area contributed by atoms with E-state index in [9.17, 15) is 4.79 Å². The standard InChI is InChI=1S/C11H14BrN3O/c12-10-3-1-8(6-14-10)5-13-7-9-2-4-11(16)15-9/h1,3,6,9,13H,2,4-5,7H2,(H,15,16). The Hall–Kier alpha value is -0.940. The van der Waals surface area contributed by atoms with E-state index < -0.39 is 0 Å². The Labute approximate surface area is 103 Å². The van der Waals surface area contributed by atoms with Gasteiger partial charge in [-0.1, -0.05) is 6.07 Å². The van der Waals surface area contributed by atoms with Crippen molar-refractivity contribution < 1.29 is 4.79 Å². The van der Waals surface area contributed by atoms with Crippen LogP contribution < -0.4 is 10.6 Å². The van der Waals surface area contributed by atoms with Crippen LogP contribution in [0.3, 0.4) is 0 Å². The zero-order valence-corrected chi connectivity index (χ0v) is 10.5. The quantitative estimate of drug-likeness (QED) is 0.817. The summed E-state index contributed by atoms with van der Waals surface area (Å²) in [5, 5.41) is 6.24. The maximum absolute atomic E-state index is 11.0. The van der Waals surface area contributed by atoms with E-state index in [1.54, 1.807) is 0 Å². The van der Waals surface area contributed by atoms with E-state index in [0.29, 0.717) is 6.42 Å². The summed E-state index contributed by atoms with van der Waals surface area (Å²) in [6, 6.07) is 4.24. The van der Waals surface area contributed by atoms with Gasteiger partial charge in [0.25, 0.3) is 0 Å². The molecule has 1 aliphatic rings. The van der Waals surface area contributed by atoms with Crippen LogP contribution in [-0.2, 0) is 11.3 Å². The van der Waals surface area contributed by atoms with E-state index in [1.165, 1.54) is 0 Å². The number of amides is 1. The van der Waals surface area contributed by atoms with Crippen LogP contribution in [0.4, 0.5) is 0 Å². The molecule has 1 aromatic rings. The van der Waals surface area contributed by atoms with Gasteiger partial charge in [-0.05, 0) is 34.0 Å². The molecule has 1 aromatic heterocycles. The molecule has 1 fully saturated rings. The molecule has 4 nitrogen and oxygen atoms in total. The predicted molar refractivity (Wildman–Crippen MR) is 64.8 cm³/mol. The minimum absolute atomic E-state index is 0.164. The van der Waals surface area contributed by atoms with Gasteiger partial charge in [-0.25, -0.2) is 4.98 Å². The first kappa shape index (κ1) is 11.5. The first-order valence-corrected chi connectivity index (χ1v) is 6.14. The lowest BCUT2D eigenvalue weighted by Crippen LogP contribution is -2.35. The van der Waals surface area contributed by atoms with Gasteiger partial charge in [0.05, 0.1) is 0 Å². The van der Waals surface area contributed by atoms with Crippen molar-refractivity contribution in [3.05, 3.63) is 28.5 Å². The second-order valence-corrected chi connectivity index (χ2v) is 4.74. The normalized spacial score (nSPS) is 19.8. The van der Waals surface area contributed by atoms with Gasteiger partial charge >= 0.3 is 0 Å². The highest BCUT2D eigenvalue weighted by Crippen LogP contribution is 2.07. The van der Waals surface area contributed by atoms with Crippen molar-refractivity contribution in [2.75, 3.05) is 6.54 Å². The zero-order chi connectivity index (χ0) is 11.4. The number of pyridine rings is 1. The molecule has 0 saturated carbocycles. The largest absolute Gasteiger partial charge is 0.352 e. The topological polar surface area (TPSA) is 54.0 Å². The molecule has 0 aliphatic carbocycles. The Morgan fingerprint density at radius 2 is 2.44 bits per heavy atom. The van der Waals surface area contributed by atoms with Gasteiger partial charge < -0.3 is 10.6 Å². The third-order valence-electron chi connectivity index (χ3n) is 2.59. The molecule has 1 unspecified atom stereocenters. The highest BCUT2D eigenvalue weighted by atomic mass is 79.9. The molecule has 16 heavy (non-hydrogen) atoms. The SMILES string of the molecule is O=C1CCC(CNCc2ccc(Br)nc2)N1. The summed E-state index contributed by atoms with van der Waals surface area (Å²) in [4.78, 5) is 15.1. The molecule has 1 saturated heterocycles. The van der Waals surface area contributed by atoms with Crippen LogP contribution in [0.2, 0.25) is 0 Å². The Morgan fingerprint density at radius 1 is 1.56 bits per heavy atom. The number of aromatic nitrogens is 1. The first-order valence-electron chi connectivity index (χ1n) is 5.34. The van der Waals surface area contributed by atoms with Gasteiger partial charge in [-0.2, -0.15) is 0 Å². The Bertz CT molecular complexity index is 366. The van der Waals surface area contributed by atoms with Crippen LogP contribution in [0.5, 0.6) is 0 Å². The van der Waals surface area contributed by atoms with Crippen LogP contribution in [-0.4, -0.2) is 23.5 Å². The molecular weight excluding hydrogens is 270 g/mol. The highest BCUT2D eigenvalue weighted by Gasteiger charge is 2.19. The second kappa shape index (κ2) is 5.41. The molecule has 0 bridgehead atoms. The Morgan fingerprint density at radius 3 is 3.06 bits per heavy atom. The van der Waals surface area contributed by atoms with Gasteiger partial charge in [-0.3, -0.25) is 4.79 Å². The van der Waals surface area contributed by atoms with E-state index in [4.69, 9.17) is 0 Å². The molecule has 1 atom stereocenters. The third-order valence-corrected chi connectivity index (χ3v) is 3.06. The van der Waals surface area contributed by atoms with Crippen molar-refractivity contribution >= 4 is 21.8 Å². The van der Waals surface area contributed by atoms with Crippen LogP contribution >= 0.6 is 15.9 Å². The van der Waals surface area contributed by atoms with E-state index in [-0.39, 0.29) is 11.9 Å². The molecule has 0 radical (unpaired) electrons. The van der Waals surface area contributed by atoms with E-state index in [1.807, 2.05) is 18.3 Å². The van der Waals surface area contributed by atoms with E-state index in [2.05, 4.69) is 31.5 Å². The molecule has 0 aromatic carbocycles. The molecule has 1 aliphatic heterocycles. The van der Waals surface area contributed by atoms with Gasteiger partial charge in [0, 0.05) is 31.7 Å². The summed E-state index contributed by atoms with van der Waals surface area (Å²) < 4.78 is 0.847. The third kappa shape index (κ3) is 3.28. The summed E-state index contributed by atoms with van der Waals surface area (Å²) in [5.41, 5.74) is 1.15. The average Bonchev–Trinajstić information content (AvgIpc) is 2.67. The lowest BCUT2D eigenvalue weighted by atomic mass is 10.2. The predicted octanol–water partition coefficient (Wildman–Crippen LogP) is 1.21. The minimum Gasteiger partial charge on any atom is -0.352 e. The smallest absolute Gasteiger partial charge is 0.220 e. The van der Waals surface area contributed by atoms with Crippen molar-refractivity contribution in [1.82, 2.24) is 15.6 Å². The Balaban J connectivity index is 1.72. The number of rotatable bonds is 4. The van der Waals surface area contributed by atoms with Crippen molar-refractivity contribution in [3.63, 3.8) is 0 Å². The van der Waals surface area contributed by atoms with Crippen LogP contribution in [0.1, 0.15) is 18.4 Å². The number of hydrogen-bond acceptors (Lipinski definition) is 3. The first-order chi connectivity index (χ1) is 7.74. The number of nitrogens with zero attached hydrogens (tertiary/aromatic N) is 1. The highest BCUT2D eigenvalue weighted by molar-refractivity contribution is 9.10. The molecule has 86 valence electrons. The van der Waals surface area contributed by atoms with Crippen molar-refractivity contribution in [3.8, 4) is 0 Å². The van der Waals surface area contributed by atoms with Gasteiger partial charge in [0.1, 0.15) is 4.60 Å². The lowest BCUT2D eigenvalue weighted by Gasteiger charge is -2.10. The molecule has 2 rings (SSSR count).